The lowest BCUT2D eigenvalue weighted by atomic mass is 10.0. The van der Waals surface area contributed by atoms with Crippen molar-refractivity contribution >= 4 is 0 Å². The maximum atomic E-state index is 5.88. The Morgan fingerprint density at radius 3 is 2.94 bits per heavy atom. The van der Waals surface area contributed by atoms with E-state index in [0.717, 1.165) is 18.0 Å². The molecule has 16 heavy (non-hydrogen) atoms. The monoisotopic (exact) mass is 219 g/mol. The molecule has 1 aromatic rings. The van der Waals surface area contributed by atoms with Crippen LogP contribution >= 0.6 is 0 Å². The summed E-state index contributed by atoms with van der Waals surface area (Å²) in [6.45, 7) is 4.98. The van der Waals surface area contributed by atoms with E-state index in [2.05, 4.69) is 11.4 Å². The van der Waals surface area contributed by atoms with Crippen molar-refractivity contribution < 1.29 is 9.47 Å². The highest BCUT2D eigenvalue weighted by atomic mass is 16.7. The Bertz CT molecular complexity index is 408. The van der Waals surface area contributed by atoms with Gasteiger partial charge < -0.3 is 14.8 Å². The fourth-order valence-electron chi connectivity index (χ4n) is 2.48. The zero-order valence-corrected chi connectivity index (χ0v) is 9.75. The predicted octanol–water partition coefficient (Wildman–Crippen LogP) is 2.62. The van der Waals surface area contributed by atoms with Crippen molar-refractivity contribution in [3.8, 4) is 11.5 Å². The van der Waals surface area contributed by atoms with Gasteiger partial charge in [0.15, 0.2) is 11.5 Å². The molecule has 3 rings (SSSR count). The number of para-hydroxylation sites is 1. The third-order valence-corrected chi connectivity index (χ3v) is 3.15. The van der Waals surface area contributed by atoms with Gasteiger partial charge in [-0.15, -0.1) is 0 Å². The van der Waals surface area contributed by atoms with Crippen molar-refractivity contribution in [1.29, 1.82) is 0 Å². The first-order chi connectivity index (χ1) is 7.66. The van der Waals surface area contributed by atoms with Gasteiger partial charge in [-0.3, -0.25) is 0 Å². The van der Waals surface area contributed by atoms with Crippen molar-refractivity contribution in [2.24, 2.45) is 0 Å². The third-order valence-electron chi connectivity index (χ3n) is 3.15. The van der Waals surface area contributed by atoms with Gasteiger partial charge in [-0.2, -0.15) is 0 Å². The summed E-state index contributed by atoms with van der Waals surface area (Å²) in [5.41, 5.74) is 1.24. The molecule has 0 aromatic heterocycles. The van der Waals surface area contributed by atoms with E-state index in [1.165, 1.54) is 18.4 Å². The summed E-state index contributed by atoms with van der Waals surface area (Å²) in [6.07, 6.45) is 2.42. The van der Waals surface area contributed by atoms with Crippen LogP contribution in [-0.2, 0) is 0 Å². The molecule has 0 bridgehead atoms. The van der Waals surface area contributed by atoms with Crippen molar-refractivity contribution in [2.45, 2.75) is 38.5 Å². The van der Waals surface area contributed by atoms with Gasteiger partial charge in [0, 0.05) is 25.5 Å². The predicted molar refractivity (Wildman–Crippen MR) is 61.8 cm³/mol. The van der Waals surface area contributed by atoms with Crippen LogP contribution in [0.3, 0.4) is 0 Å². The van der Waals surface area contributed by atoms with Gasteiger partial charge in [0.25, 0.3) is 0 Å². The number of hydrogen-bond donors (Lipinski definition) is 1. The van der Waals surface area contributed by atoms with Gasteiger partial charge in [-0.1, -0.05) is 12.1 Å². The maximum Gasteiger partial charge on any atom is 0.246 e. The fourth-order valence-corrected chi connectivity index (χ4v) is 2.48. The van der Waals surface area contributed by atoms with Crippen LogP contribution < -0.4 is 14.8 Å². The molecule has 3 nitrogen and oxygen atoms in total. The normalized spacial score (nSPS) is 26.0. The van der Waals surface area contributed by atoms with Crippen molar-refractivity contribution in [1.82, 2.24) is 5.32 Å². The Labute approximate surface area is 95.8 Å². The molecule has 0 aliphatic carbocycles. The number of nitrogens with one attached hydrogen (secondary N) is 1. The minimum absolute atomic E-state index is 0.424. The zero-order chi connectivity index (χ0) is 11.2. The Morgan fingerprint density at radius 2 is 2.19 bits per heavy atom. The summed E-state index contributed by atoms with van der Waals surface area (Å²) < 4.78 is 11.6. The maximum absolute atomic E-state index is 5.88. The lowest BCUT2D eigenvalue weighted by molar-refractivity contribution is -0.0436. The van der Waals surface area contributed by atoms with Crippen LogP contribution in [0, 0.1) is 0 Å². The minimum Gasteiger partial charge on any atom is -0.449 e. The minimum atomic E-state index is -0.531. The van der Waals surface area contributed by atoms with Crippen LogP contribution in [-0.4, -0.2) is 12.3 Å². The Kier molecular flexibility index (Phi) is 2.11. The van der Waals surface area contributed by atoms with E-state index in [1.807, 2.05) is 26.0 Å². The first kappa shape index (κ1) is 9.97. The van der Waals surface area contributed by atoms with Crippen LogP contribution in [0.1, 0.15) is 38.3 Å². The van der Waals surface area contributed by atoms with E-state index in [0.29, 0.717) is 6.04 Å². The molecule has 0 saturated carbocycles. The number of fused-ring (bicyclic) bond motifs is 1. The molecule has 2 aliphatic heterocycles. The van der Waals surface area contributed by atoms with Crippen LogP contribution in [0.25, 0.3) is 0 Å². The van der Waals surface area contributed by atoms with E-state index in [1.54, 1.807) is 0 Å². The molecule has 0 amide bonds. The summed E-state index contributed by atoms with van der Waals surface area (Å²) >= 11 is 0. The second-order valence-corrected chi connectivity index (χ2v) is 4.93. The number of hydrogen-bond acceptors (Lipinski definition) is 3. The number of rotatable bonds is 1. The average molecular weight is 219 g/mol. The summed E-state index contributed by atoms with van der Waals surface area (Å²) in [5, 5.41) is 3.49. The lowest BCUT2D eigenvalue weighted by Gasteiger charge is -2.18. The summed E-state index contributed by atoms with van der Waals surface area (Å²) in [4.78, 5) is 0. The van der Waals surface area contributed by atoms with E-state index >= 15 is 0 Å². The third kappa shape index (κ3) is 1.55. The molecule has 1 N–H and O–H groups in total. The zero-order valence-electron chi connectivity index (χ0n) is 9.75. The van der Waals surface area contributed by atoms with Gasteiger partial charge in [-0.05, 0) is 25.5 Å². The Hall–Kier alpha value is -1.22. The molecule has 0 radical (unpaired) electrons. The summed E-state index contributed by atoms with van der Waals surface area (Å²) in [5.74, 6) is 1.26. The van der Waals surface area contributed by atoms with Crippen LogP contribution in [0.5, 0.6) is 11.5 Å². The SMILES string of the molecule is CC1(C)Oc2cccc(C3CCCN3)c2O1. The standard InChI is InChI=1S/C13H17NO2/c1-13(2)15-11-7-3-5-9(12(11)16-13)10-6-4-8-14-10/h3,5,7,10,14H,4,6,8H2,1-2H3. The quantitative estimate of drug-likeness (QED) is 0.787. The van der Waals surface area contributed by atoms with E-state index in [4.69, 9.17) is 9.47 Å². The highest BCUT2D eigenvalue weighted by Gasteiger charge is 2.35. The summed E-state index contributed by atoms with van der Waals surface area (Å²) in [7, 11) is 0. The molecule has 1 saturated heterocycles. The Morgan fingerprint density at radius 1 is 1.31 bits per heavy atom. The van der Waals surface area contributed by atoms with E-state index in [-0.39, 0.29) is 0 Å². The van der Waals surface area contributed by atoms with Crippen LogP contribution in [0.2, 0.25) is 0 Å². The lowest BCUT2D eigenvalue weighted by Crippen LogP contribution is -2.30. The van der Waals surface area contributed by atoms with Gasteiger partial charge in [0.1, 0.15) is 0 Å². The van der Waals surface area contributed by atoms with Crippen LogP contribution in [0.15, 0.2) is 18.2 Å². The van der Waals surface area contributed by atoms with E-state index in [9.17, 15) is 0 Å². The molecule has 3 heteroatoms. The smallest absolute Gasteiger partial charge is 0.246 e. The topological polar surface area (TPSA) is 30.5 Å². The number of ether oxygens (including phenoxy) is 2. The summed E-state index contributed by atoms with van der Waals surface area (Å²) in [6, 6.07) is 6.57. The second kappa shape index (κ2) is 3.39. The molecule has 2 aliphatic rings. The molecule has 86 valence electrons. The molecule has 1 atom stereocenters. The van der Waals surface area contributed by atoms with Crippen molar-refractivity contribution in [2.75, 3.05) is 6.54 Å². The largest absolute Gasteiger partial charge is 0.449 e. The van der Waals surface area contributed by atoms with Gasteiger partial charge in [0.2, 0.25) is 5.79 Å². The molecule has 1 fully saturated rings. The molecular formula is C13H17NO2. The second-order valence-electron chi connectivity index (χ2n) is 4.93. The first-order valence-corrected chi connectivity index (χ1v) is 5.90. The van der Waals surface area contributed by atoms with Crippen molar-refractivity contribution in [3.05, 3.63) is 23.8 Å². The highest BCUT2D eigenvalue weighted by molar-refractivity contribution is 5.50. The van der Waals surface area contributed by atoms with Crippen LogP contribution in [0.4, 0.5) is 0 Å². The van der Waals surface area contributed by atoms with Gasteiger partial charge in [0.05, 0.1) is 0 Å². The molecule has 2 heterocycles. The van der Waals surface area contributed by atoms with Gasteiger partial charge >= 0.3 is 0 Å². The van der Waals surface area contributed by atoms with Crippen molar-refractivity contribution in [3.63, 3.8) is 0 Å². The number of benzene rings is 1. The molecule has 1 aromatic carbocycles. The average Bonchev–Trinajstić information content (AvgIpc) is 2.80. The Balaban J connectivity index is 1.99. The molecule has 0 spiro atoms. The highest BCUT2D eigenvalue weighted by Crippen LogP contribution is 2.45. The fraction of sp³-hybridized carbons (Fsp3) is 0.538. The van der Waals surface area contributed by atoms with E-state index < -0.39 is 5.79 Å². The van der Waals surface area contributed by atoms with Gasteiger partial charge in [-0.25, -0.2) is 0 Å². The molecular weight excluding hydrogens is 202 g/mol. The molecule has 1 unspecified atom stereocenters. The first-order valence-electron chi connectivity index (χ1n) is 5.90.